The largest absolute Gasteiger partial charge is 0.391 e. The van der Waals surface area contributed by atoms with Crippen LogP contribution in [0.3, 0.4) is 0 Å². The average molecular weight is 199 g/mol. The summed E-state index contributed by atoms with van der Waals surface area (Å²) in [5, 5.41) is 9.82. The Labute approximate surface area is 86.0 Å². The van der Waals surface area contributed by atoms with Crippen LogP contribution in [-0.2, 0) is 4.74 Å². The molecule has 0 amide bonds. The molecule has 0 bridgehead atoms. The number of rotatable bonds is 2. The molecule has 14 heavy (non-hydrogen) atoms. The van der Waals surface area contributed by atoms with E-state index in [1.165, 1.54) is 19.3 Å². The molecule has 3 unspecified atom stereocenters. The molecule has 0 aromatic carbocycles. The molecule has 0 aromatic heterocycles. The van der Waals surface area contributed by atoms with Gasteiger partial charge in [-0.05, 0) is 38.6 Å². The lowest BCUT2D eigenvalue weighted by Gasteiger charge is -2.37. The van der Waals surface area contributed by atoms with E-state index in [1.807, 2.05) is 0 Å². The van der Waals surface area contributed by atoms with E-state index in [9.17, 15) is 5.11 Å². The minimum atomic E-state index is -0.0920. The fraction of sp³-hybridized carbons (Fsp3) is 1.00. The van der Waals surface area contributed by atoms with E-state index in [0.717, 1.165) is 25.9 Å². The van der Waals surface area contributed by atoms with Crippen LogP contribution in [0.2, 0.25) is 0 Å². The van der Waals surface area contributed by atoms with Crippen LogP contribution in [0.1, 0.15) is 32.1 Å². The lowest BCUT2D eigenvalue weighted by Crippen LogP contribution is -2.48. The Morgan fingerprint density at radius 2 is 2.07 bits per heavy atom. The Kier molecular flexibility index (Phi) is 3.42. The first-order chi connectivity index (χ1) is 6.81. The van der Waals surface area contributed by atoms with Crippen LogP contribution in [0.15, 0.2) is 0 Å². The minimum absolute atomic E-state index is 0.0920. The molecular formula is C11H21NO2. The van der Waals surface area contributed by atoms with E-state index in [1.54, 1.807) is 7.11 Å². The SMILES string of the molecule is COC1CCCN(C2CCCC2O)C1. The number of ether oxygens (including phenoxy) is 1. The fourth-order valence-electron chi connectivity index (χ4n) is 2.81. The molecular weight excluding hydrogens is 178 g/mol. The number of piperidine rings is 1. The second-order valence-corrected chi connectivity index (χ2v) is 4.56. The summed E-state index contributed by atoms with van der Waals surface area (Å²) >= 11 is 0. The Bertz CT molecular complexity index is 186. The number of methoxy groups -OCH3 is 1. The van der Waals surface area contributed by atoms with Gasteiger partial charge in [0, 0.05) is 19.7 Å². The van der Waals surface area contributed by atoms with Crippen molar-refractivity contribution in [3.63, 3.8) is 0 Å². The van der Waals surface area contributed by atoms with Gasteiger partial charge in [-0.3, -0.25) is 4.90 Å². The van der Waals surface area contributed by atoms with Crippen molar-refractivity contribution in [3.05, 3.63) is 0 Å². The number of nitrogens with zero attached hydrogens (tertiary/aromatic N) is 1. The van der Waals surface area contributed by atoms with Crippen LogP contribution in [0, 0.1) is 0 Å². The second-order valence-electron chi connectivity index (χ2n) is 4.56. The maximum atomic E-state index is 9.82. The van der Waals surface area contributed by atoms with E-state index >= 15 is 0 Å². The van der Waals surface area contributed by atoms with Crippen molar-refractivity contribution in [1.82, 2.24) is 4.90 Å². The zero-order valence-electron chi connectivity index (χ0n) is 8.98. The fourth-order valence-corrected chi connectivity index (χ4v) is 2.81. The number of aliphatic hydroxyl groups is 1. The van der Waals surface area contributed by atoms with Crippen molar-refractivity contribution in [3.8, 4) is 0 Å². The second kappa shape index (κ2) is 4.60. The summed E-state index contributed by atoms with van der Waals surface area (Å²) in [6.07, 6.45) is 6.01. The highest BCUT2D eigenvalue weighted by Gasteiger charge is 2.33. The minimum Gasteiger partial charge on any atom is -0.391 e. The summed E-state index contributed by atoms with van der Waals surface area (Å²) in [4.78, 5) is 2.43. The van der Waals surface area contributed by atoms with Crippen LogP contribution in [0.5, 0.6) is 0 Å². The third kappa shape index (κ3) is 2.10. The standard InChI is InChI=1S/C11H21NO2/c1-14-9-4-3-7-12(8-9)10-5-2-6-11(10)13/h9-11,13H,2-8H2,1H3. The predicted molar refractivity (Wildman–Crippen MR) is 55.2 cm³/mol. The monoisotopic (exact) mass is 199 g/mol. The molecule has 2 aliphatic rings. The first-order valence-corrected chi connectivity index (χ1v) is 5.76. The molecule has 1 N–H and O–H groups in total. The molecule has 0 radical (unpaired) electrons. The highest BCUT2D eigenvalue weighted by atomic mass is 16.5. The number of aliphatic hydroxyl groups excluding tert-OH is 1. The topological polar surface area (TPSA) is 32.7 Å². The molecule has 2 fully saturated rings. The summed E-state index contributed by atoms with van der Waals surface area (Å²) < 4.78 is 5.39. The summed E-state index contributed by atoms with van der Waals surface area (Å²) in [7, 11) is 1.79. The van der Waals surface area contributed by atoms with Crippen molar-refractivity contribution in [1.29, 1.82) is 0 Å². The third-order valence-electron chi connectivity index (χ3n) is 3.66. The van der Waals surface area contributed by atoms with Gasteiger partial charge >= 0.3 is 0 Å². The van der Waals surface area contributed by atoms with Gasteiger partial charge in [-0.2, -0.15) is 0 Å². The Morgan fingerprint density at radius 1 is 1.21 bits per heavy atom. The molecule has 1 saturated heterocycles. The lowest BCUT2D eigenvalue weighted by atomic mass is 10.0. The van der Waals surface area contributed by atoms with Gasteiger partial charge in [0.2, 0.25) is 0 Å². The first kappa shape index (κ1) is 10.4. The average Bonchev–Trinajstić information content (AvgIpc) is 2.65. The van der Waals surface area contributed by atoms with Gasteiger partial charge in [-0.1, -0.05) is 0 Å². The van der Waals surface area contributed by atoms with Crippen molar-refractivity contribution in [2.24, 2.45) is 0 Å². The van der Waals surface area contributed by atoms with Crippen LogP contribution >= 0.6 is 0 Å². The van der Waals surface area contributed by atoms with E-state index < -0.39 is 0 Å². The van der Waals surface area contributed by atoms with E-state index in [-0.39, 0.29) is 6.10 Å². The summed E-state index contributed by atoms with van der Waals surface area (Å²) in [6, 6.07) is 0.410. The Morgan fingerprint density at radius 3 is 2.71 bits per heavy atom. The van der Waals surface area contributed by atoms with Crippen LogP contribution in [0.4, 0.5) is 0 Å². The Balaban J connectivity index is 1.90. The third-order valence-corrected chi connectivity index (χ3v) is 3.66. The summed E-state index contributed by atoms with van der Waals surface area (Å²) in [5.41, 5.74) is 0. The van der Waals surface area contributed by atoms with Gasteiger partial charge in [0.25, 0.3) is 0 Å². The van der Waals surface area contributed by atoms with Crippen LogP contribution in [-0.4, -0.2) is 48.5 Å². The molecule has 1 heterocycles. The molecule has 1 aliphatic heterocycles. The number of hydrogen-bond donors (Lipinski definition) is 1. The molecule has 0 spiro atoms. The van der Waals surface area contributed by atoms with Crippen LogP contribution in [0.25, 0.3) is 0 Å². The number of likely N-dealkylation sites (tertiary alicyclic amines) is 1. The molecule has 82 valence electrons. The van der Waals surface area contributed by atoms with Crippen molar-refractivity contribution in [2.45, 2.75) is 50.4 Å². The van der Waals surface area contributed by atoms with Gasteiger partial charge in [-0.25, -0.2) is 0 Å². The molecule has 2 rings (SSSR count). The van der Waals surface area contributed by atoms with E-state index in [2.05, 4.69) is 4.90 Å². The van der Waals surface area contributed by atoms with Crippen molar-refractivity contribution < 1.29 is 9.84 Å². The molecule has 0 aromatic rings. The normalized spacial score (nSPS) is 40.3. The number of hydrogen-bond acceptors (Lipinski definition) is 3. The maximum Gasteiger partial charge on any atom is 0.0698 e. The maximum absolute atomic E-state index is 9.82. The molecule has 1 aliphatic carbocycles. The molecule has 1 saturated carbocycles. The quantitative estimate of drug-likeness (QED) is 0.720. The van der Waals surface area contributed by atoms with Gasteiger partial charge in [0.15, 0.2) is 0 Å². The Hall–Kier alpha value is -0.120. The summed E-state index contributed by atoms with van der Waals surface area (Å²) in [6.45, 7) is 2.15. The predicted octanol–water partition coefficient (Wildman–Crippen LogP) is 1.01. The highest BCUT2D eigenvalue weighted by Crippen LogP contribution is 2.27. The van der Waals surface area contributed by atoms with Crippen LogP contribution < -0.4 is 0 Å². The highest BCUT2D eigenvalue weighted by molar-refractivity contribution is 4.88. The van der Waals surface area contributed by atoms with Gasteiger partial charge in [-0.15, -0.1) is 0 Å². The van der Waals surface area contributed by atoms with E-state index in [0.29, 0.717) is 12.1 Å². The van der Waals surface area contributed by atoms with Gasteiger partial charge in [0.1, 0.15) is 0 Å². The first-order valence-electron chi connectivity index (χ1n) is 5.76. The van der Waals surface area contributed by atoms with Crippen molar-refractivity contribution >= 4 is 0 Å². The molecule has 3 atom stereocenters. The van der Waals surface area contributed by atoms with Gasteiger partial charge < -0.3 is 9.84 Å². The van der Waals surface area contributed by atoms with Gasteiger partial charge in [0.05, 0.1) is 12.2 Å². The molecule has 3 heteroatoms. The van der Waals surface area contributed by atoms with Crippen molar-refractivity contribution in [2.75, 3.05) is 20.2 Å². The summed E-state index contributed by atoms with van der Waals surface area (Å²) in [5.74, 6) is 0. The lowest BCUT2D eigenvalue weighted by molar-refractivity contribution is -0.00980. The zero-order chi connectivity index (χ0) is 9.97. The zero-order valence-corrected chi connectivity index (χ0v) is 8.98. The van der Waals surface area contributed by atoms with E-state index in [4.69, 9.17) is 4.74 Å². The molecule has 3 nitrogen and oxygen atoms in total. The smallest absolute Gasteiger partial charge is 0.0698 e.